The van der Waals surface area contributed by atoms with Crippen LogP contribution in [0.1, 0.15) is 34.7 Å². The Morgan fingerprint density at radius 3 is 2.18 bits per heavy atom. The molecule has 0 amide bonds. The summed E-state index contributed by atoms with van der Waals surface area (Å²) in [4.78, 5) is 16.5. The van der Waals surface area contributed by atoms with E-state index < -0.39 is 5.97 Å². The molecule has 1 aliphatic rings. The van der Waals surface area contributed by atoms with Gasteiger partial charge < -0.3 is 9.52 Å². The first-order chi connectivity index (χ1) is 18.7. The fourth-order valence-corrected chi connectivity index (χ4v) is 5.25. The van der Waals surface area contributed by atoms with E-state index in [4.69, 9.17) is 9.40 Å². The lowest BCUT2D eigenvalue weighted by Gasteiger charge is -2.14. The lowest BCUT2D eigenvalue weighted by Crippen LogP contribution is -2.04. The summed E-state index contributed by atoms with van der Waals surface area (Å²) in [5.41, 5.74) is 7.48. The molecule has 0 saturated heterocycles. The van der Waals surface area contributed by atoms with Crippen molar-refractivity contribution in [1.29, 1.82) is 0 Å². The van der Waals surface area contributed by atoms with Crippen molar-refractivity contribution in [1.82, 2.24) is 4.98 Å². The minimum absolute atomic E-state index is 0.293. The Hall–Kier alpha value is -4.70. The Morgan fingerprint density at radius 1 is 0.789 bits per heavy atom. The molecule has 0 radical (unpaired) electrons. The average molecular weight is 498 g/mol. The Bertz CT molecular complexity index is 1560. The normalized spacial score (nSPS) is 14.8. The Balaban J connectivity index is 1.31. The summed E-state index contributed by atoms with van der Waals surface area (Å²) in [5, 5.41) is 9.38. The molecule has 5 aromatic rings. The van der Waals surface area contributed by atoms with E-state index in [1.165, 1.54) is 5.56 Å². The summed E-state index contributed by atoms with van der Waals surface area (Å²) >= 11 is 0. The highest BCUT2D eigenvalue weighted by atomic mass is 16.4. The number of hydrogen-bond acceptors (Lipinski definition) is 3. The average Bonchev–Trinajstić information content (AvgIpc) is 3.61. The number of hydrogen-bond donors (Lipinski definition) is 1. The molecule has 0 bridgehead atoms. The Kier molecular flexibility index (Phi) is 6.45. The molecule has 1 atom stereocenters. The van der Waals surface area contributed by atoms with Crippen molar-refractivity contribution >= 4 is 11.5 Å². The van der Waals surface area contributed by atoms with Crippen LogP contribution in [0, 0.1) is 5.92 Å². The van der Waals surface area contributed by atoms with Gasteiger partial charge in [-0.25, -0.2) is 9.78 Å². The molecule has 6 rings (SSSR count). The maximum absolute atomic E-state index is 11.4. The highest BCUT2D eigenvalue weighted by Crippen LogP contribution is 2.41. The van der Waals surface area contributed by atoms with Crippen molar-refractivity contribution in [3.8, 4) is 33.7 Å². The van der Waals surface area contributed by atoms with Crippen LogP contribution < -0.4 is 0 Å². The molecule has 1 aromatic heterocycles. The van der Waals surface area contributed by atoms with Crippen LogP contribution in [-0.2, 0) is 6.42 Å². The van der Waals surface area contributed by atoms with E-state index in [2.05, 4.69) is 42.5 Å². The number of carbonyl (C=O) groups is 1. The van der Waals surface area contributed by atoms with Crippen LogP contribution in [0.15, 0.2) is 120 Å². The monoisotopic (exact) mass is 497 g/mol. The lowest BCUT2D eigenvalue weighted by atomic mass is 9.91. The number of aromatic nitrogens is 1. The molecule has 38 heavy (non-hydrogen) atoms. The highest BCUT2D eigenvalue weighted by molar-refractivity contribution is 5.89. The third-order valence-corrected chi connectivity index (χ3v) is 7.13. The van der Waals surface area contributed by atoms with Gasteiger partial charge in [-0.15, -0.1) is 0 Å². The molecule has 186 valence electrons. The summed E-state index contributed by atoms with van der Waals surface area (Å²) < 4.78 is 6.50. The number of rotatable bonds is 7. The SMILES string of the molecule is O=C(O)c1cccc(-c2cccc(CC3CCC=C3c3nc(-c4ccccc4)c(-c4ccccc4)o3)c2)c1. The Morgan fingerprint density at radius 2 is 1.45 bits per heavy atom. The van der Waals surface area contributed by atoms with E-state index in [9.17, 15) is 9.90 Å². The van der Waals surface area contributed by atoms with Gasteiger partial charge in [-0.3, -0.25) is 0 Å². The zero-order valence-corrected chi connectivity index (χ0v) is 20.9. The first kappa shape index (κ1) is 23.7. The van der Waals surface area contributed by atoms with Crippen LogP contribution in [0.5, 0.6) is 0 Å². The van der Waals surface area contributed by atoms with Gasteiger partial charge in [-0.05, 0) is 54.0 Å². The van der Waals surface area contributed by atoms with Crippen LogP contribution in [0.4, 0.5) is 0 Å². The first-order valence-corrected chi connectivity index (χ1v) is 12.9. The third-order valence-electron chi connectivity index (χ3n) is 7.13. The van der Waals surface area contributed by atoms with Gasteiger partial charge in [0.15, 0.2) is 5.76 Å². The second-order valence-corrected chi connectivity index (χ2v) is 9.65. The van der Waals surface area contributed by atoms with Crippen molar-refractivity contribution in [2.75, 3.05) is 0 Å². The lowest BCUT2D eigenvalue weighted by molar-refractivity contribution is 0.0697. The predicted octanol–water partition coefficient (Wildman–Crippen LogP) is 8.41. The molecule has 1 unspecified atom stereocenters. The van der Waals surface area contributed by atoms with Gasteiger partial charge in [0, 0.05) is 16.7 Å². The summed E-state index contributed by atoms with van der Waals surface area (Å²) in [6.45, 7) is 0. The number of oxazole rings is 1. The van der Waals surface area contributed by atoms with Crippen LogP contribution in [-0.4, -0.2) is 16.1 Å². The van der Waals surface area contributed by atoms with Crippen LogP contribution in [0.3, 0.4) is 0 Å². The second-order valence-electron chi connectivity index (χ2n) is 9.65. The zero-order chi connectivity index (χ0) is 25.9. The van der Waals surface area contributed by atoms with Crippen molar-refractivity contribution in [2.45, 2.75) is 19.3 Å². The number of aromatic carboxylic acids is 1. The number of carboxylic acids is 1. The van der Waals surface area contributed by atoms with Crippen LogP contribution >= 0.6 is 0 Å². The number of allylic oxidation sites excluding steroid dienone is 2. The molecule has 1 N–H and O–H groups in total. The zero-order valence-electron chi connectivity index (χ0n) is 20.9. The molecular formula is C34H27NO3. The van der Waals surface area contributed by atoms with E-state index in [0.29, 0.717) is 17.4 Å². The van der Waals surface area contributed by atoms with E-state index >= 15 is 0 Å². The maximum atomic E-state index is 11.4. The van der Waals surface area contributed by atoms with Gasteiger partial charge >= 0.3 is 5.97 Å². The third kappa shape index (κ3) is 4.81. The molecule has 4 aromatic carbocycles. The quantitative estimate of drug-likeness (QED) is 0.245. The highest BCUT2D eigenvalue weighted by Gasteiger charge is 2.27. The molecule has 1 aliphatic carbocycles. The van der Waals surface area contributed by atoms with E-state index in [0.717, 1.165) is 58.5 Å². The van der Waals surface area contributed by atoms with Crippen molar-refractivity contribution in [2.24, 2.45) is 5.92 Å². The number of nitrogens with zero attached hydrogens (tertiary/aromatic N) is 1. The van der Waals surface area contributed by atoms with Crippen molar-refractivity contribution in [3.63, 3.8) is 0 Å². The van der Waals surface area contributed by atoms with E-state index in [1.807, 2.05) is 54.6 Å². The molecule has 4 heteroatoms. The van der Waals surface area contributed by atoms with Gasteiger partial charge in [0.2, 0.25) is 5.89 Å². The van der Waals surface area contributed by atoms with E-state index in [-0.39, 0.29) is 0 Å². The fourth-order valence-electron chi connectivity index (χ4n) is 5.25. The summed E-state index contributed by atoms with van der Waals surface area (Å²) in [6.07, 6.45) is 5.16. The topological polar surface area (TPSA) is 63.3 Å². The first-order valence-electron chi connectivity index (χ1n) is 12.9. The van der Waals surface area contributed by atoms with Crippen LogP contribution in [0.25, 0.3) is 39.3 Å². The predicted molar refractivity (Wildman–Crippen MR) is 151 cm³/mol. The standard InChI is InChI=1S/C34H27NO3/c36-34(37)29-18-8-16-27(22-29)26-15-7-10-23(20-26)21-28-17-9-19-30(28)33-35-31(24-11-3-1-4-12-24)32(38-33)25-13-5-2-6-14-25/h1-8,10-16,18-20,22,28H,9,17,21H2,(H,36,37). The smallest absolute Gasteiger partial charge is 0.335 e. The number of benzene rings is 4. The van der Waals surface area contributed by atoms with Gasteiger partial charge in [0.05, 0.1) is 5.56 Å². The van der Waals surface area contributed by atoms with Gasteiger partial charge in [0.25, 0.3) is 0 Å². The minimum Gasteiger partial charge on any atom is -0.478 e. The van der Waals surface area contributed by atoms with Gasteiger partial charge in [0.1, 0.15) is 5.69 Å². The fraction of sp³-hybridized carbons (Fsp3) is 0.118. The maximum Gasteiger partial charge on any atom is 0.335 e. The largest absolute Gasteiger partial charge is 0.478 e. The molecular weight excluding hydrogens is 470 g/mol. The van der Waals surface area contributed by atoms with Gasteiger partial charge in [-0.2, -0.15) is 0 Å². The van der Waals surface area contributed by atoms with Crippen molar-refractivity contribution in [3.05, 3.63) is 132 Å². The number of carboxylic acid groups (broad SMARTS) is 1. The summed E-state index contributed by atoms with van der Waals surface area (Å²) in [6, 6.07) is 35.8. The Labute approximate surface area is 221 Å². The van der Waals surface area contributed by atoms with Gasteiger partial charge in [-0.1, -0.05) is 103 Å². The molecule has 0 saturated carbocycles. The molecule has 0 spiro atoms. The molecule has 0 fully saturated rings. The molecule has 0 aliphatic heterocycles. The summed E-state index contributed by atoms with van der Waals surface area (Å²) in [7, 11) is 0. The van der Waals surface area contributed by atoms with Crippen LogP contribution in [0.2, 0.25) is 0 Å². The molecule has 4 nitrogen and oxygen atoms in total. The molecule has 1 heterocycles. The summed E-state index contributed by atoms with van der Waals surface area (Å²) in [5.74, 6) is 0.857. The minimum atomic E-state index is -0.917. The van der Waals surface area contributed by atoms with Crippen molar-refractivity contribution < 1.29 is 14.3 Å². The van der Waals surface area contributed by atoms with E-state index in [1.54, 1.807) is 18.2 Å². The second kappa shape index (κ2) is 10.3.